The van der Waals surface area contributed by atoms with Crippen molar-refractivity contribution >= 4 is 58.2 Å². The molecule has 0 atom stereocenters. The highest BCUT2D eigenvalue weighted by Crippen LogP contribution is 2.36. The molecule has 1 N–H and O–H groups in total. The van der Waals surface area contributed by atoms with Gasteiger partial charge in [0, 0.05) is 16.0 Å². The van der Waals surface area contributed by atoms with Crippen molar-refractivity contribution in [1.82, 2.24) is 0 Å². The van der Waals surface area contributed by atoms with Crippen LogP contribution in [0.3, 0.4) is 0 Å². The summed E-state index contributed by atoms with van der Waals surface area (Å²) in [7, 11) is 3.00. The first kappa shape index (κ1) is 19.1. The highest BCUT2D eigenvalue weighted by molar-refractivity contribution is 8.00. The Morgan fingerprint density at radius 2 is 1.75 bits per heavy atom. The summed E-state index contributed by atoms with van der Waals surface area (Å²) in [6.07, 6.45) is 0. The highest BCUT2D eigenvalue weighted by atomic mass is 35.5. The van der Waals surface area contributed by atoms with E-state index in [1.54, 1.807) is 30.3 Å². The van der Waals surface area contributed by atoms with Crippen molar-refractivity contribution in [3.8, 4) is 11.5 Å². The van der Waals surface area contributed by atoms with Crippen molar-refractivity contribution in [2.24, 2.45) is 0 Å². The Bertz CT molecular complexity index is 756. The summed E-state index contributed by atoms with van der Waals surface area (Å²) in [5, 5.41) is 4.24. The summed E-state index contributed by atoms with van der Waals surface area (Å²) in [4.78, 5) is 12.9. The number of anilines is 1. The fourth-order valence-electron chi connectivity index (χ4n) is 1.88. The molecule has 128 valence electrons. The number of hydrogen-bond acceptors (Lipinski definition) is 4. The SMILES string of the molecule is COc1cc(OC)c(NC(=O)CSc2cc(Cl)ccc2Cl)cc1Cl. The Hall–Kier alpha value is -1.27. The third kappa shape index (κ3) is 4.86. The molecule has 0 fully saturated rings. The Morgan fingerprint density at radius 3 is 2.42 bits per heavy atom. The predicted octanol–water partition coefficient (Wildman–Crippen LogP) is 5.39. The molecule has 0 aromatic heterocycles. The third-order valence-corrected chi connectivity index (χ3v) is 5.03. The van der Waals surface area contributed by atoms with E-state index in [-0.39, 0.29) is 11.7 Å². The lowest BCUT2D eigenvalue weighted by atomic mass is 10.2. The molecule has 0 aliphatic heterocycles. The van der Waals surface area contributed by atoms with Gasteiger partial charge in [0.15, 0.2) is 0 Å². The normalized spacial score (nSPS) is 10.4. The molecule has 0 aliphatic carbocycles. The van der Waals surface area contributed by atoms with E-state index < -0.39 is 0 Å². The molecule has 0 saturated carbocycles. The third-order valence-electron chi connectivity index (χ3n) is 3.00. The van der Waals surface area contributed by atoms with Gasteiger partial charge < -0.3 is 14.8 Å². The van der Waals surface area contributed by atoms with Gasteiger partial charge >= 0.3 is 0 Å². The number of rotatable bonds is 6. The van der Waals surface area contributed by atoms with E-state index in [0.717, 1.165) is 4.90 Å². The zero-order chi connectivity index (χ0) is 17.7. The molecule has 0 radical (unpaired) electrons. The largest absolute Gasteiger partial charge is 0.495 e. The Morgan fingerprint density at radius 1 is 1.04 bits per heavy atom. The molecule has 24 heavy (non-hydrogen) atoms. The smallest absolute Gasteiger partial charge is 0.234 e. The van der Waals surface area contributed by atoms with Gasteiger partial charge in [-0.05, 0) is 24.3 Å². The first-order chi connectivity index (χ1) is 11.4. The lowest BCUT2D eigenvalue weighted by Crippen LogP contribution is -2.14. The average Bonchev–Trinajstić information content (AvgIpc) is 2.56. The van der Waals surface area contributed by atoms with Crippen LogP contribution in [0, 0.1) is 0 Å². The minimum absolute atomic E-state index is 0.160. The van der Waals surface area contributed by atoms with Gasteiger partial charge in [0.25, 0.3) is 0 Å². The molecular formula is C16H14Cl3NO3S. The van der Waals surface area contributed by atoms with Crippen LogP contribution in [0.15, 0.2) is 35.2 Å². The van der Waals surface area contributed by atoms with E-state index in [4.69, 9.17) is 44.3 Å². The molecule has 0 unspecified atom stereocenters. The van der Waals surface area contributed by atoms with Crippen molar-refractivity contribution in [2.45, 2.75) is 4.90 Å². The van der Waals surface area contributed by atoms with Gasteiger partial charge in [-0.15, -0.1) is 11.8 Å². The van der Waals surface area contributed by atoms with Gasteiger partial charge in [-0.25, -0.2) is 0 Å². The first-order valence-corrected chi connectivity index (χ1v) is 8.85. The Kier molecular flexibility index (Phi) is 6.92. The number of carbonyl (C=O) groups excluding carboxylic acids is 1. The second-order valence-electron chi connectivity index (χ2n) is 4.60. The number of nitrogens with one attached hydrogen (secondary N) is 1. The maximum absolute atomic E-state index is 12.2. The molecule has 0 aliphatic rings. The summed E-state index contributed by atoms with van der Waals surface area (Å²) in [6, 6.07) is 8.29. The summed E-state index contributed by atoms with van der Waals surface area (Å²) in [5.74, 6) is 0.852. The maximum atomic E-state index is 12.2. The number of halogens is 3. The first-order valence-electron chi connectivity index (χ1n) is 6.73. The lowest BCUT2D eigenvalue weighted by molar-refractivity contribution is -0.113. The fraction of sp³-hybridized carbons (Fsp3) is 0.188. The van der Waals surface area contributed by atoms with Crippen LogP contribution in [0.4, 0.5) is 5.69 Å². The van der Waals surface area contributed by atoms with Gasteiger partial charge in [0.2, 0.25) is 5.91 Å². The number of ether oxygens (including phenoxy) is 2. The van der Waals surface area contributed by atoms with E-state index in [0.29, 0.717) is 32.3 Å². The number of amides is 1. The van der Waals surface area contributed by atoms with E-state index in [9.17, 15) is 4.79 Å². The molecule has 0 spiro atoms. The molecule has 0 bridgehead atoms. The van der Waals surface area contributed by atoms with Crippen LogP contribution < -0.4 is 14.8 Å². The van der Waals surface area contributed by atoms with Crippen LogP contribution in [0.1, 0.15) is 0 Å². The van der Waals surface area contributed by atoms with Crippen LogP contribution in [0.5, 0.6) is 11.5 Å². The van der Waals surface area contributed by atoms with Crippen molar-refractivity contribution in [3.63, 3.8) is 0 Å². The Labute approximate surface area is 159 Å². The summed E-state index contributed by atoms with van der Waals surface area (Å²) in [6.45, 7) is 0. The summed E-state index contributed by atoms with van der Waals surface area (Å²) in [5.41, 5.74) is 0.464. The number of carbonyl (C=O) groups is 1. The van der Waals surface area contributed by atoms with Gasteiger partial charge in [0.1, 0.15) is 11.5 Å². The van der Waals surface area contributed by atoms with Crippen LogP contribution in [0.2, 0.25) is 15.1 Å². The average molecular weight is 407 g/mol. The molecule has 0 heterocycles. The predicted molar refractivity (Wildman–Crippen MR) is 100 cm³/mol. The van der Waals surface area contributed by atoms with Crippen LogP contribution in [-0.2, 0) is 4.79 Å². The van der Waals surface area contributed by atoms with Gasteiger partial charge in [-0.1, -0.05) is 34.8 Å². The number of thioether (sulfide) groups is 1. The molecule has 2 rings (SSSR count). The summed E-state index contributed by atoms with van der Waals surface area (Å²) >= 11 is 19.4. The molecular weight excluding hydrogens is 393 g/mol. The van der Waals surface area contributed by atoms with Crippen molar-refractivity contribution in [1.29, 1.82) is 0 Å². The standard InChI is InChI=1S/C16H14Cl3NO3S/c1-22-13-7-14(23-2)12(6-11(13)19)20-16(21)8-24-15-5-9(17)3-4-10(15)18/h3-7H,8H2,1-2H3,(H,20,21). The topological polar surface area (TPSA) is 47.6 Å². The zero-order valence-corrected chi connectivity index (χ0v) is 15.9. The second-order valence-corrected chi connectivity index (χ2v) is 6.87. The monoisotopic (exact) mass is 405 g/mol. The summed E-state index contributed by atoms with van der Waals surface area (Å²) < 4.78 is 10.4. The van der Waals surface area contributed by atoms with Crippen LogP contribution >= 0.6 is 46.6 Å². The molecule has 2 aromatic rings. The van der Waals surface area contributed by atoms with Gasteiger partial charge in [-0.3, -0.25) is 4.79 Å². The van der Waals surface area contributed by atoms with Gasteiger partial charge in [0.05, 0.1) is 35.7 Å². The quantitative estimate of drug-likeness (QED) is 0.653. The minimum Gasteiger partial charge on any atom is -0.495 e. The van der Waals surface area contributed by atoms with Crippen molar-refractivity contribution in [3.05, 3.63) is 45.4 Å². The molecule has 4 nitrogen and oxygen atoms in total. The lowest BCUT2D eigenvalue weighted by Gasteiger charge is -2.13. The van der Waals surface area contributed by atoms with Crippen LogP contribution in [-0.4, -0.2) is 25.9 Å². The van der Waals surface area contributed by atoms with Crippen molar-refractivity contribution < 1.29 is 14.3 Å². The van der Waals surface area contributed by atoms with E-state index >= 15 is 0 Å². The van der Waals surface area contributed by atoms with Crippen molar-refractivity contribution in [2.75, 3.05) is 25.3 Å². The minimum atomic E-state index is -0.226. The molecule has 2 aromatic carbocycles. The Balaban J connectivity index is 2.07. The molecule has 1 amide bonds. The zero-order valence-electron chi connectivity index (χ0n) is 12.9. The van der Waals surface area contributed by atoms with E-state index in [2.05, 4.69) is 5.32 Å². The van der Waals surface area contributed by atoms with E-state index in [1.807, 2.05) is 0 Å². The second kappa shape index (κ2) is 8.72. The van der Waals surface area contributed by atoms with Crippen LogP contribution in [0.25, 0.3) is 0 Å². The number of hydrogen-bond donors (Lipinski definition) is 1. The molecule has 0 saturated heterocycles. The highest BCUT2D eigenvalue weighted by Gasteiger charge is 2.13. The maximum Gasteiger partial charge on any atom is 0.234 e. The number of benzene rings is 2. The molecule has 8 heteroatoms. The van der Waals surface area contributed by atoms with Gasteiger partial charge in [-0.2, -0.15) is 0 Å². The fourth-order valence-corrected chi connectivity index (χ4v) is 3.41. The van der Waals surface area contributed by atoms with E-state index in [1.165, 1.54) is 26.0 Å². The number of methoxy groups -OCH3 is 2.